The minimum absolute atomic E-state index is 0.0576. The van der Waals surface area contributed by atoms with Crippen molar-refractivity contribution >= 4 is 39.7 Å². The number of aromatic amines is 1. The lowest BCUT2D eigenvalue weighted by Gasteiger charge is -2.04. The maximum absolute atomic E-state index is 12.2. The van der Waals surface area contributed by atoms with Gasteiger partial charge in [-0.15, -0.1) is 11.3 Å². The summed E-state index contributed by atoms with van der Waals surface area (Å²) < 4.78 is 1.56. The number of carbonyl (C=O) groups excluding carboxylic acids is 1. The zero-order chi connectivity index (χ0) is 13.3. The van der Waals surface area contributed by atoms with Gasteiger partial charge in [0.25, 0.3) is 5.56 Å². The van der Waals surface area contributed by atoms with Gasteiger partial charge in [-0.1, -0.05) is 6.92 Å². The Hall–Kier alpha value is -1.47. The van der Waals surface area contributed by atoms with Crippen LogP contribution in [0.5, 0.6) is 0 Å². The highest BCUT2D eigenvalue weighted by Crippen LogP contribution is 2.21. The van der Waals surface area contributed by atoms with Crippen molar-refractivity contribution in [3.63, 3.8) is 0 Å². The zero-order valence-electron chi connectivity index (χ0n) is 10.1. The fraction of sp³-hybridized carbons (Fsp3) is 0.364. The molecule has 2 aromatic rings. The fourth-order valence-corrected chi connectivity index (χ4v) is 2.94. The average Bonchev–Trinajstić information content (AvgIpc) is 2.77. The molecule has 0 aliphatic carbocycles. The summed E-state index contributed by atoms with van der Waals surface area (Å²) in [5.74, 6) is -0.248. The summed E-state index contributed by atoms with van der Waals surface area (Å²) in [7, 11) is 1.53. The summed E-state index contributed by atoms with van der Waals surface area (Å²) in [6, 6.07) is 1.86. The first-order valence-corrected chi connectivity index (χ1v) is 6.75. The second-order valence-electron chi connectivity index (χ2n) is 3.80. The van der Waals surface area contributed by atoms with E-state index >= 15 is 0 Å². The Morgan fingerprint density at radius 1 is 1.61 bits per heavy atom. The van der Waals surface area contributed by atoms with Crippen LogP contribution in [0.25, 0.3) is 10.2 Å². The summed E-state index contributed by atoms with van der Waals surface area (Å²) >= 11 is 6.64. The number of aryl methyl sites for hydroxylation is 1. The molecule has 2 heterocycles. The van der Waals surface area contributed by atoms with Crippen LogP contribution >= 0.6 is 23.6 Å². The van der Waals surface area contributed by atoms with Crippen molar-refractivity contribution in [1.29, 1.82) is 0 Å². The van der Waals surface area contributed by atoms with Crippen LogP contribution < -0.4 is 10.9 Å². The predicted molar refractivity (Wildman–Crippen MR) is 74.7 cm³/mol. The number of amides is 1. The second-order valence-corrected chi connectivity index (χ2v) is 5.33. The second kappa shape index (κ2) is 5.03. The van der Waals surface area contributed by atoms with E-state index < -0.39 is 0 Å². The minimum Gasteiger partial charge on any atom is -0.358 e. The maximum atomic E-state index is 12.2. The summed E-state index contributed by atoms with van der Waals surface area (Å²) in [5, 5.41) is 3.07. The minimum atomic E-state index is -0.248. The van der Waals surface area contributed by atoms with E-state index in [1.165, 1.54) is 23.0 Å². The molecule has 0 unspecified atom stereocenters. The SMILES string of the molecule is CCc1cc2c(=O)n(CC(=O)NC)c(=S)[nH]c2s1. The fourth-order valence-electron chi connectivity index (χ4n) is 1.64. The van der Waals surface area contributed by atoms with E-state index in [-0.39, 0.29) is 22.8 Å². The van der Waals surface area contributed by atoms with Crippen LogP contribution in [-0.4, -0.2) is 22.5 Å². The normalized spacial score (nSPS) is 10.8. The molecule has 0 saturated heterocycles. The Morgan fingerprint density at radius 2 is 2.33 bits per heavy atom. The van der Waals surface area contributed by atoms with Gasteiger partial charge in [-0.2, -0.15) is 0 Å². The molecule has 0 atom stereocenters. The zero-order valence-corrected chi connectivity index (χ0v) is 11.7. The molecule has 2 rings (SSSR count). The number of hydrogen-bond acceptors (Lipinski definition) is 4. The molecule has 7 heteroatoms. The number of hydrogen-bond donors (Lipinski definition) is 2. The molecule has 0 fully saturated rings. The molecule has 0 radical (unpaired) electrons. The van der Waals surface area contributed by atoms with Crippen molar-refractivity contribution in [1.82, 2.24) is 14.9 Å². The molecule has 2 aromatic heterocycles. The molecule has 96 valence electrons. The van der Waals surface area contributed by atoms with E-state index in [0.717, 1.165) is 16.1 Å². The van der Waals surface area contributed by atoms with Crippen LogP contribution in [0, 0.1) is 4.77 Å². The molecule has 2 N–H and O–H groups in total. The van der Waals surface area contributed by atoms with Gasteiger partial charge in [0.05, 0.1) is 5.39 Å². The number of thiophene rings is 1. The molecule has 5 nitrogen and oxygen atoms in total. The highest BCUT2D eigenvalue weighted by molar-refractivity contribution is 7.71. The van der Waals surface area contributed by atoms with Crippen molar-refractivity contribution in [2.24, 2.45) is 0 Å². The number of rotatable bonds is 3. The van der Waals surface area contributed by atoms with Crippen molar-refractivity contribution in [3.8, 4) is 0 Å². The number of fused-ring (bicyclic) bond motifs is 1. The van der Waals surface area contributed by atoms with Crippen LogP contribution in [0.15, 0.2) is 10.9 Å². The van der Waals surface area contributed by atoms with Crippen LogP contribution in [0.3, 0.4) is 0 Å². The van der Waals surface area contributed by atoms with Crippen LogP contribution in [0.4, 0.5) is 0 Å². The average molecular weight is 283 g/mol. The summed E-state index contributed by atoms with van der Waals surface area (Å²) in [4.78, 5) is 28.5. The van der Waals surface area contributed by atoms with Gasteiger partial charge in [-0.3, -0.25) is 14.2 Å². The highest BCUT2D eigenvalue weighted by Gasteiger charge is 2.11. The molecule has 18 heavy (non-hydrogen) atoms. The Bertz CT molecular complexity index is 711. The molecule has 1 amide bonds. The van der Waals surface area contributed by atoms with Gasteiger partial charge in [-0.05, 0) is 24.7 Å². The first-order valence-electron chi connectivity index (χ1n) is 5.53. The first-order chi connectivity index (χ1) is 8.56. The summed E-state index contributed by atoms with van der Waals surface area (Å²) in [5.41, 5.74) is -0.215. The third-order valence-corrected chi connectivity index (χ3v) is 4.17. The standard InChI is InChI=1S/C11H13N3O2S2/c1-3-6-4-7-9(18-6)13-11(17)14(10(7)16)5-8(15)12-2/h4H,3,5H2,1-2H3,(H,12,15)(H,13,17). The molecular weight excluding hydrogens is 270 g/mol. The lowest BCUT2D eigenvalue weighted by molar-refractivity contribution is -0.121. The number of nitrogens with one attached hydrogen (secondary N) is 2. The topological polar surface area (TPSA) is 66.9 Å². The number of H-pyrrole nitrogens is 1. The van der Waals surface area contributed by atoms with E-state index in [1.54, 1.807) is 0 Å². The van der Waals surface area contributed by atoms with Gasteiger partial charge in [0.15, 0.2) is 4.77 Å². The van der Waals surface area contributed by atoms with Gasteiger partial charge in [-0.25, -0.2) is 0 Å². The molecule has 0 aromatic carbocycles. The van der Waals surface area contributed by atoms with Crippen molar-refractivity contribution in [3.05, 3.63) is 26.1 Å². The van der Waals surface area contributed by atoms with Gasteiger partial charge in [0.1, 0.15) is 11.4 Å². The largest absolute Gasteiger partial charge is 0.358 e. The van der Waals surface area contributed by atoms with Crippen molar-refractivity contribution in [2.45, 2.75) is 19.9 Å². The molecule has 0 aliphatic rings. The number of aromatic nitrogens is 2. The van der Waals surface area contributed by atoms with E-state index in [4.69, 9.17) is 12.2 Å². The van der Waals surface area contributed by atoms with E-state index in [2.05, 4.69) is 10.3 Å². The van der Waals surface area contributed by atoms with Crippen LogP contribution in [0.1, 0.15) is 11.8 Å². The Kier molecular flexibility index (Phi) is 3.63. The predicted octanol–water partition coefficient (Wildman–Crippen LogP) is 1.43. The van der Waals surface area contributed by atoms with Gasteiger partial charge in [0.2, 0.25) is 5.91 Å². The number of likely N-dealkylation sites (N-methyl/N-ethyl adjacent to an activating group) is 1. The number of carbonyl (C=O) groups is 1. The maximum Gasteiger partial charge on any atom is 0.263 e. The molecule has 0 spiro atoms. The lowest BCUT2D eigenvalue weighted by atomic mass is 10.3. The lowest BCUT2D eigenvalue weighted by Crippen LogP contribution is -2.31. The Labute approximate surface area is 112 Å². The van der Waals surface area contributed by atoms with E-state index in [1.807, 2.05) is 13.0 Å². The third kappa shape index (κ3) is 2.23. The smallest absolute Gasteiger partial charge is 0.263 e. The van der Waals surface area contributed by atoms with E-state index in [0.29, 0.717) is 5.39 Å². The first kappa shape index (κ1) is 13.0. The number of nitrogens with zero attached hydrogens (tertiary/aromatic N) is 1. The quantitative estimate of drug-likeness (QED) is 0.837. The molecule has 0 saturated carbocycles. The van der Waals surface area contributed by atoms with Gasteiger partial charge >= 0.3 is 0 Å². The Balaban J connectivity index is 2.64. The van der Waals surface area contributed by atoms with Crippen molar-refractivity contribution in [2.75, 3.05) is 7.05 Å². The van der Waals surface area contributed by atoms with Gasteiger partial charge in [0, 0.05) is 11.9 Å². The highest BCUT2D eigenvalue weighted by atomic mass is 32.1. The monoisotopic (exact) mass is 283 g/mol. The van der Waals surface area contributed by atoms with E-state index in [9.17, 15) is 9.59 Å². The third-order valence-electron chi connectivity index (χ3n) is 2.65. The molecule has 0 aliphatic heterocycles. The van der Waals surface area contributed by atoms with Crippen LogP contribution in [-0.2, 0) is 17.8 Å². The van der Waals surface area contributed by atoms with Crippen LogP contribution in [0.2, 0.25) is 0 Å². The molecular formula is C11H13N3O2S2. The Morgan fingerprint density at radius 3 is 2.94 bits per heavy atom. The molecule has 0 bridgehead atoms. The summed E-state index contributed by atoms with van der Waals surface area (Å²) in [6.07, 6.45) is 0.870. The summed E-state index contributed by atoms with van der Waals surface area (Å²) in [6.45, 7) is 1.97. The van der Waals surface area contributed by atoms with Gasteiger partial charge < -0.3 is 10.3 Å². The van der Waals surface area contributed by atoms with Crippen molar-refractivity contribution < 1.29 is 4.79 Å².